The van der Waals surface area contributed by atoms with Gasteiger partial charge in [-0.05, 0) is 18.9 Å². The van der Waals surface area contributed by atoms with Gasteiger partial charge < -0.3 is 22.1 Å². The number of anilines is 2. The van der Waals surface area contributed by atoms with E-state index in [-0.39, 0.29) is 6.04 Å². The maximum absolute atomic E-state index is 11.9. The molecule has 1 saturated heterocycles. The highest BCUT2D eigenvalue weighted by Crippen LogP contribution is 2.42. The van der Waals surface area contributed by atoms with Crippen molar-refractivity contribution >= 4 is 60.5 Å². The maximum atomic E-state index is 11.9. The van der Waals surface area contributed by atoms with Crippen molar-refractivity contribution in [1.82, 2.24) is 9.97 Å². The molecule has 0 bridgehead atoms. The molecular formula is C20H20N6OS2. The fourth-order valence-electron chi connectivity index (χ4n) is 3.79. The van der Waals surface area contributed by atoms with Crippen LogP contribution in [-0.2, 0) is 0 Å². The molecule has 0 saturated carbocycles. The van der Waals surface area contributed by atoms with Crippen molar-refractivity contribution in [2.75, 3.05) is 23.7 Å². The Morgan fingerprint density at radius 2 is 1.93 bits per heavy atom. The van der Waals surface area contributed by atoms with Crippen LogP contribution < -0.4 is 22.1 Å². The standard InChI is InChI=1S/C20H20N6OS2/c21-10-5-7-26(8-6-10)20-24-16(12-9-28-13-4-2-1-3-11(12)13)14-15(22)17(18(23)27)29-19(14)25-20/h1-4,9-10H,5-8,21-22H2,(H2,23,27). The summed E-state index contributed by atoms with van der Waals surface area (Å²) in [5, 5.41) is 3.89. The first-order chi connectivity index (χ1) is 14.0. The summed E-state index contributed by atoms with van der Waals surface area (Å²) in [7, 11) is 0. The molecule has 1 aliphatic heterocycles. The number of carbonyl (C=O) groups is 1. The van der Waals surface area contributed by atoms with Gasteiger partial charge in [-0.1, -0.05) is 18.2 Å². The first kappa shape index (κ1) is 18.3. The number of primary amides is 1. The monoisotopic (exact) mass is 424 g/mol. The molecule has 1 aromatic carbocycles. The third-order valence-electron chi connectivity index (χ3n) is 5.36. The lowest BCUT2D eigenvalue weighted by atomic mass is 10.1. The molecule has 9 heteroatoms. The minimum absolute atomic E-state index is 0.217. The molecule has 0 spiro atoms. The lowest BCUT2D eigenvalue weighted by Crippen LogP contribution is -2.40. The number of hydrogen-bond donors (Lipinski definition) is 3. The molecule has 6 N–H and O–H groups in total. The van der Waals surface area contributed by atoms with Crippen LogP contribution in [0, 0.1) is 0 Å². The Morgan fingerprint density at radius 1 is 1.17 bits per heavy atom. The molecule has 5 rings (SSSR count). The van der Waals surface area contributed by atoms with E-state index < -0.39 is 5.91 Å². The molecule has 0 aliphatic carbocycles. The highest BCUT2D eigenvalue weighted by Gasteiger charge is 2.25. The van der Waals surface area contributed by atoms with E-state index in [1.54, 1.807) is 11.3 Å². The van der Waals surface area contributed by atoms with E-state index in [1.165, 1.54) is 16.0 Å². The van der Waals surface area contributed by atoms with Gasteiger partial charge in [0.25, 0.3) is 5.91 Å². The molecule has 148 valence electrons. The van der Waals surface area contributed by atoms with E-state index in [4.69, 9.17) is 27.2 Å². The molecule has 7 nitrogen and oxygen atoms in total. The average molecular weight is 425 g/mol. The van der Waals surface area contributed by atoms with E-state index in [0.717, 1.165) is 42.6 Å². The summed E-state index contributed by atoms with van der Waals surface area (Å²) in [5.74, 6) is 0.101. The number of fused-ring (bicyclic) bond motifs is 2. The molecular weight excluding hydrogens is 404 g/mol. The summed E-state index contributed by atoms with van der Waals surface area (Å²) in [6.45, 7) is 1.61. The maximum Gasteiger partial charge on any atom is 0.260 e. The summed E-state index contributed by atoms with van der Waals surface area (Å²) in [4.78, 5) is 24.7. The van der Waals surface area contributed by atoms with Gasteiger partial charge in [0.2, 0.25) is 5.95 Å². The van der Waals surface area contributed by atoms with Gasteiger partial charge in [-0.15, -0.1) is 22.7 Å². The zero-order valence-electron chi connectivity index (χ0n) is 15.6. The van der Waals surface area contributed by atoms with Gasteiger partial charge in [0.05, 0.1) is 16.8 Å². The second kappa shape index (κ2) is 6.94. The molecule has 3 aromatic heterocycles. The predicted octanol–water partition coefficient (Wildman–Crippen LogP) is 3.18. The van der Waals surface area contributed by atoms with Crippen molar-refractivity contribution in [3.05, 3.63) is 34.5 Å². The second-order valence-electron chi connectivity index (χ2n) is 7.23. The molecule has 0 atom stereocenters. The minimum atomic E-state index is -0.544. The Morgan fingerprint density at radius 3 is 2.69 bits per heavy atom. The van der Waals surface area contributed by atoms with Crippen LogP contribution in [0.4, 0.5) is 11.6 Å². The van der Waals surface area contributed by atoms with E-state index >= 15 is 0 Å². The van der Waals surface area contributed by atoms with E-state index in [9.17, 15) is 4.79 Å². The van der Waals surface area contributed by atoms with Crippen LogP contribution in [0.2, 0.25) is 0 Å². The number of nitrogens with zero attached hydrogens (tertiary/aromatic N) is 3. The first-order valence-corrected chi connectivity index (χ1v) is 11.1. The van der Waals surface area contributed by atoms with Crippen LogP contribution in [0.3, 0.4) is 0 Å². The number of thiophene rings is 2. The fraction of sp³-hybridized carbons (Fsp3) is 0.250. The number of nitrogen functional groups attached to an aromatic ring is 1. The fourth-order valence-corrected chi connectivity index (χ4v) is 5.68. The molecule has 1 fully saturated rings. The van der Waals surface area contributed by atoms with Gasteiger partial charge in [-0.3, -0.25) is 4.79 Å². The zero-order valence-corrected chi connectivity index (χ0v) is 17.2. The van der Waals surface area contributed by atoms with E-state index in [1.807, 2.05) is 12.1 Å². The van der Waals surface area contributed by atoms with Gasteiger partial charge in [0, 0.05) is 40.2 Å². The van der Waals surface area contributed by atoms with E-state index in [0.29, 0.717) is 26.7 Å². The van der Waals surface area contributed by atoms with Crippen molar-refractivity contribution in [3.8, 4) is 11.3 Å². The number of hydrogen-bond acceptors (Lipinski definition) is 8. The summed E-state index contributed by atoms with van der Waals surface area (Å²) >= 11 is 2.89. The minimum Gasteiger partial charge on any atom is -0.397 e. The Kier molecular flexibility index (Phi) is 4.38. The quantitative estimate of drug-likeness (QED) is 0.464. The molecule has 4 heterocycles. The number of piperidine rings is 1. The summed E-state index contributed by atoms with van der Waals surface area (Å²) in [6.07, 6.45) is 1.80. The molecule has 1 aliphatic rings. The Balaban J connectivity index is 1.76. The van der Waals surface area contributed by atoms with Gasteiger partial charge in [0.1, 0.15) is 9.71 Å². The largest absolute Gasteiger partial charge is 0.397 e. The van der Waals surface area contributed by atoms with Crippen LogP contribution in [0.1, 0.15) is 22.5 Å². The topological polar surface area (TPSA) is 124 Å². The van der Waals surface area contributed by atoms with E-state index in [2.05, 4.69) is 22.4 Å². The first-order valence-electron chi connectivity index (χ1n) is 9.40. The van der Waals surface area contributed by atoms with Crippen LogP contribution >= 0.6 is 22.7 Å². The third kappa shape index (κ3) is 3.02. The molecule has 0 unspecified atom stereocenters. The molecule has 1 amide bonds. The van der Waals surface area contributed by atoms with Crippen molar-refractivity contribution in [3.63, 3.8) is 0 Å². The van der Waals surface area contributed by atoms with Crippen molar-refractivity contribution < 1.29 is 4.79 Å². The van der Waals surface area contributed by atoms with Crippen molar-refractivity contribution in [1.29, 1.82) is 0 Å². The number of nitrogens with two attached hydrogens (primary N) is 3. The van der Waals surface area contributed by atoms with Gasteiger partial charge in [-0.2, -0.15) is 0 Å². The lowest BCUT2D eigenvalue weighted by Gasteiger charge is -2.30. The van der Waals surface area contributed by atoms with Gasteiger partial charge in [-0.25, -0.2) is 9.97 Å². The highest BCUT2D eigenvalue weighted by atomic mass is 32.1. The van der Waals surface area contributed by atoms with Gasteiger partial charge in [0.15, 0.2) is 0 Å². The van der Waals surface area contributed by atoms with Crippen molar-refractivity contribution in [2.24, 2.45) is 11.5 Å². The van der Waals surface area contributed by atoms with Gasteiger partial charge >= 0.3 is 0 Å². The van der Waals surface area contributed by atoms with Crippen molar-refractivity contribution in [2.45, 2.75) is 18.9 Å². The van der Waals surface area contributed by atoms with Crippen LogP contribution in [0.15, 0.2) is 29.6 Å². The van der Waals surface area contributed by atoms with Crippen LogP contribution in [0.5, 0.6) is 0 Å². The second-order valence-corrected chi connectivity index (χ2v) is 9.14. The summed E-state index contributed by atoms with van der Waals surface area (Å²) in [6, 6.07) is 8.40. The summed E-state index contributed by atoms with van der Waals surface area (Å²) < 4.78 is 1.17. The molecule has 0 radical (unpaired) electrons. The Hall–Kier alpha value is -2.75. The Bertz CT molecular complexity index is 1240. The number of rotatable bonds is 3. The predicted molar refractivity (Wildman–Crippen MR) is 121 cm³/mol. The Labute approximate surface area is 175 Å². The number of amides is 1. The lowest BCUT2D eigenvalue weighted by molar-refractivity contribution is 0.100. The summed E-state index contributed by atoms with van der Waals surface area (Å²) in [5.41, 5.74) is 20.1. The smallest absolute Gasteiger partial charge is 0.260 e. The van der Waals surface area contributed by atoms with Crippen LogP contribution in [-0.4, -0.2) is 35.0 Å². The van der Waals surface area contributed by atoms with Crippen LogP contribution in [0.25, 0.3) is 31.6 Å². The highest BCUT2D eigenvalue weighted by molar-refractivity contribution is 7.21. The number of aromatic nitrogens is 2. The molecule has 29 heavy (non-hydrogen) atoms. The molecule has 4 aromatic rings. The third-order valence-corrected chi connectivity index (χ3v) is 7.44. The average Bonchev–Trinajstić information content (AvgIpc) is 3.29. The normalized spacial score (nSPS) is 15.4. The number of carbonyl (C=O) groups excluding carboxylic acids is 1. The SMILES string of the molecule is NC(=O)c1sc2nc(N3CCC(N)CC3)nc(-c3csc4ccccc34)c2c1N. The zero-order chi connectivity index (χ0) is 20.1. The number of benzene rings is 1.